The molecule has 3 N–H and O–H groups in total. The summed E-state index contributed by atoms with van der Waals surface area (Å²) in [5.41, 5.74) is 3.07. The number of thiophene rings is 2. The normalized spacial score (nSPS) is 13.2. The van der Waals surface area contributed by atoms with E-state index in [0.29, 0.717) is 17.1 Å². The minimum absolute atomic E-state index is 0.0537. The van der Waals surface area contributed by atoms with Crippen LogP contribution in [0.2, 0.25) is 0 Å². The standard InChI is InChI=1S/C23H22N4O2S2/c1-14(28)20-16-6-2-3-7-18(16)30-21(20)26-23(29)25-12-17-15-8-9-24-13-19(15)31-22(17)27-10-4-5-11-27/h2-7,10-11,24H,8-9,12-13H2,1H3,(H2,25,26,29). The van der Waals surface area contributed by atoms with Crippen LogP contribution in [0.15, 0.2) is 48.8 Å². The van der Waals surface area contributed by atoms with Gasteiger partial charge in [0.15, 0.2) is 5.78 Å². The quantitative estimate of drug-likeness (QED) is 0.378. The number of nitrogens with zero attached hydrogens (tertiary/aromatic N) is 1. The summed E-state index contributed by atoms with van der Waals surface area (Å²) in [5, 5.41) is 12.0. The zero-order valence-corrected chi connectivity index (χ0v) is 18.7. The van der Waals surface area contributed by atoms with Crippen molar-refractivity contribution >= 4 is 49.6 Å². The third-order valence-electron chi connectivity index (χ3n) is 5.46. The molecule has 0 radical (unpaired) electrons. The number of rotatable bonds is 5. The van der Waals surface area contributed by atoms with Gasteiger partial charge in [0, 0.05) is 46.0 Å². The lowest BCUT2D eigenvalue weighted by molar-refractivity contribution is 0.102. The average molecular weight is 451 g/mol. The van der Waals surface area contributed by atoms with Gasteiger partial charge >= 0.3 is 6.03 Å². The van der Waals surface area contributed by atoms with Gasteiger partial charge in [0.2, 0.25) is 0 Å². The Morgan fingerprint density at radius 1 is 1.13 bits per heavy atom. The van der Waals surface area contributed by atoms with Crippen LogP contribution in [0.3, 0.4) is 0 Å². The van der Waals surface area contributed by atoms with E-state index in [4.69, 9.17) is 0 Å². The van der Waals surface area contributed by atoms with Crippen molar-refractivity contribution in [3.8, 4) is 5.00 Å². The highest BCUT2D eigenvalue weighted by Gasteiger charge is 2.22. The van der Waals surface area contributed by atoms with Crippen LogP contribution in [0, 0.1) is 0 Å². The van der Waals surface area contributed by atoms with Crippen molar-refractivity contribution in [2.45, 2.75) is 26.4 Å². The van der Waals surface area contributed by atoms with Crippen LogP contribution in [0.1, 0.15) is 33.3 Å². The Bertz CT molecular complexity index is 1270. The Morgan fingerprint density at radius 3 is 2.74 bits per heavy atom. The molecule has 0 bridgehead atoms. The monoisotopic (exact) mass is 450 g/mol. The summed E-state index contributed by atoms with van der Waals surface area (Å²) in [6, 6.07) is 11.4. The number of carbonyl (C=O) groups is 2. The number of amides is 2. The lowest BCUT2D eigenvalue weighted by atomic mass is 10.0. The maximum atomic E-state index is 12.8. The van der Waals surface area contributed by atoms with Gasteiger partial charge in [0.25, 0.3) is 0 Å². The number of carbonyl (C=O) groups excluding carboxylic acids is 2. The first-order valence-electron chi connectivity index (χ1n) is 10.2. The maximum Gasteiger partial charge on any atom is 0.320 e. The van der Waals surface area contributed by atoms with Crippen LogP contribution in [0.4, 0.5) is 9.80 Å². The fourth-order valence-electron chi connectivity index (χ4n) is 4.05. The van der Waals surface area contributed by atoms with E-state index >= 15 is 0 Å². The number of ketones is 1. The van der Waals surface area contributed by atoms with Crippen LogP contribution in [-0.2, 0) is 19.5 Å². The number of hydrogen-bond acceptors (Lipinski definition) is 5. The summed E-state index contributed by atoms with van der Waals surface area (Å²) in [5.74, 6) is -0.0537. The van der Waals surface area contributed by atoms with Crippen LogP contribution >= 0.6 is 22.7 Å². The van der Waals surface area contributed by atoms with E-state index in [1.807, 2.05) is 48.8 Å². The van der Waals surface area contributed by atoms with Crippen molar-refractivity contribution in [1.82, 2.24) is 15.2 Å². The number of fused-ring (bicyclic) bond motifs is 2. The van der Waals surface area contributed by atoms with Gasteiger partial charge in [0.1, 0.15) is 10.0 Å². The molecule has 0 saturated heterocycles. The second-order valence-electron chi connectivity index (χ2n) is 7.47. The van der Waals surface area contributed by atoms with Gasteiger partial charge in [-0.25, -0.2) is 4.79 Å². The Hall–Kier alpha value is -2.94. The van der Waals surface area contributed by atoms with E-state index in [0.717, 1.165) is 40.2 Å². The highest BCUT2D eigenvalue weighted by atomic mass is 32.1. The van der Waals surface area contributed by atoms with Gasteiger partial charge in [0.05, 0.1) is 5.56 Å². The zero-order chi connectivity index (χ0) is 21.4. The van der Waals surface area contributed by atoms with Gasteiger partial charge in [-0.3, -0.25) is 10.1 Å². The molecular weight excluding hydrogens is 428 g/mol. The molecule has 31 heavy (non-hydrogen) atoms. The molecule has 0 spiro atoms. The molecule has 0 fully saturated rings. The summed E-state index contributed by atoms with van der Waals surface area (Å²) >= 11 is 3.20. The first-order chi connectivity index (χ1) is 15.1. The lowest BCUT2D eigenvalue weighted by Crippen LogP contribution is -2.29. The number of hydrogen-bond donors (Lipinski definition) is 3. The topological polar surface area (TPSA) is 75.2 Å². The number of benzene rings is 1. The highest BCUT2D eigenvalue weighted by molar-refractivity contribution is 7.23. The molecular formula is C23H22N4O2S2. The molecule has 3 aromatic heterocycles. The van der Waals surface area contributed by atoms with E-state index in [9.17, 15) is 9.59 Å². The predicted octanol–water partition coefficient (Wildman–Crippen LogP) is 4.92. The summed E-state index contributed by atoms with van der Waals surface area (Å²) in [6.07, 6.45) is 5.02. The van der Waals surface area contributed by atoms with Crippen molar-refractivity contribution in [1.29, 1.82) is 0 Å². The van der Waals surface area contributed by atoms with E-state index < -0.39 is 0 Å². The van der Waals surface area contributed by atoms with Gasteiger partial charge in [-0.1, -0.05) is 18.2 Å². The lowest BCUT2D eigenvalue weighted by Gasteiger charge is -2.15. The fourth-order valence-corrected chi connectivity index (χ4v) is 6.49. The molecule has 4 aromatic rings. The van der Waals surface area contributed by atoms with E-state index in [1.54, 1.807) is 11.3 Å². The fraction of sp³-hybridized carbons (Fsp3) is 0.217. The largest absolute Gasteiger partial charge is 0.334 e. The van der Waals surface area contributed by atoms with E-state index in [1.165, 1.54) is 28.7 Å². The van der Waals surface area contributed by atoms with Gasteiger partial charge in [-0.2, -0.15) is 0 Å². The first kappa shape index (κ1) is 20.0. The third-order valence-corrected chi connectivity index (χ3v) is 7.83. The summed E-state index contributed by atoms with van der Waals surface area (Å²) in [7, 11) is 0. The molecule has 6 nitrogen and oxygen atoms in total. The minimum Gasteiger partial charge on any atom is -0.334 e. The van der Waals surface area contributed by atoms with E-state index in [2.05, 4.69) is 20.5 Å². The molecule has 1 aliphatic rings. The molecule has 158 valence electrons. The Morgan fingerprint density at radius 2 is 1.94 bits per heavy atom. The SMILES string of the molecule is CC(=O)c1c(NC(=O)NCc2c(-n3cccc3)sc3c2CCNC3)sc2ccccc12. The van der Waals surface area contributed by atoms with Crippen LogP contribution < -0.4 is 16.0 Å². The first-order valence-corrected chi connectivity index (χ1v) is 11.8. The molecule has 0 unspecified atom stereocenters. The van der Waals surface area contributed by atoms with Crippen molar-refractivity contribution < 1.29 is 9.59 Å². The predicted molar refractivity (Wildman–Crippen MR) is 127 cm³/mol. The average Bonchev–Trinajstić information content (AvgIpc) is 3.48. The van der Waals surface area contributed by atoms with Crippen molar-refractivity contribution in [2.24, 2.45) is 0 Å². The molecule has 0 aliphatic carbocycles. The Kier molecular flexibility index (Phi) is 5.35. The smallest absolute Gasteiger partial charge is 0.320 e. The molecule has 1 aromatic carbocycles. The number of urea groups is 1. The summed E-state index contributed by atoms with van der Waals surface area (Å²) in [6.45, 7) is 3.78. The molecule has 0 saturated carbocycles. The molecule has 8 heteroatoms. The Labute approximate surface area is 187 Å². The van der Waals surface area contributed by atoms with Crippen molar-refractivity contribution in [3.05, 3.63) is 70.4 Å². The van der Waals surface area contributed by atoms with Gasteiger partial charge in [-0.15, -0.1) is 22.7 Å². The molecule has 0 atom stereocenters. The summed E-state index contributed by atoms with van der Waals surface area (Å²) in [4.78, 5) is 26.3. The van der Waals surface area contributed by atoms with Crippen molar-refractivity contribution in [2.75, 3.05) is 11.9 Å². The second-order valence-corrected chi connectivity index (χ2v) is 9.61. The minimum atomic E-state index is -0.304. The number of nitrogens with one attached hydrogen (secondary N) is 3. The molecule has 1 aliphatic heterocycles. The maximum absolute atomic E-state index is 12.8. The van der Waals surface area contributed by atoms with Gasteiger partial charge < -0.3 is 15.2 Å². The number of aromatic nitrogens is 1. The van der Waals surface area contributed by atoms with Crippen molar-refractivity contribution in [3.63, 3.8) is 0 Å². The third kappa shape index (κ3) is 3.78. The second kappa shape index (κ2) is 8.30. The molecule has 4 heterocycles. The highest BCUT2D eigenvalue weighted by Crippen LogP contribution is 2.36. The Balaban J connectivity index is 1.39. The molecule has 5 rings (SSSR count). The van der Waals surface area contributed by atoms with Crippen LogP contribution in [0.25, 0.3) is 15.1 Å². The number of Topliss-reactive ketones (excluding diaryl/α,β-unsaturated/α-hetero) is 1. The van der Waals surface area contributed by atoms with Crippen LogP contribution in [-0.4, -0.2) is 22.9 Å². The number of anilines is 1. The zero-order valence-electron chi connectivity index (χ0n) is 17.0. The van der Waals surface area contributed by atoms with E-state index in [-0.39, 0.29) is 11.8 Å². The molecule has 2 amide bonds. The van der Waals surface area contributed by atoms with Gasteiger partial charge in [-0.05, 0) is 43.7 Å². The summed E-state index contributed by atoms with van der Waals surface area (Å²) < 4.78 is 3.09. The van der Waals surface area contributed by atoms with Crippen LogP contribution in [0.5, 0.6) is 0 Å².